The van der Waals surface area contributed by atoms with Gasteiger partial charge in [0.1, 0.15) is 75.1 Å². The molecule has 16 nitrogen and oxygen atoms in total. The maximum atomic E-state index is 14.3. The Morgan fingerprint density at radius 1 is 0.357 bits per heavy atom. The number of carbonyl (C=O) groups excluding carboxylic acids is 5. The molecule has 14 aromatic rings. The standard InChI is InChI=1S/C24H22F2N2O.C23H18F4N2O.C23H19F3N2O.C22H16F4N2O2.C18H22N2OS/c1-15-5-3-4-6-20(15)23(29)28-22-8-7-18(14-27-22)21-12-19-13-24(25,26)10-9-17(19)11-16(21)2;1-13-9-14-7-8-23(26,27)11-16(14)10-17(13)15-5-6-20(28-12-15)29-22(30)21-18(24)3-2-4-19(21)25;1-14-10-15-8-9-23(25,26)12-17(15)11-19(14)16-6-7-21(27-13-16)28-22(29)18-4-2-3-5-20(18)24;1-12-9-18-15(22(25,26)7-8-30-18)10-14(12)13-5-6-19(27-11-13)28-21(29)20-16(23)3-2-4-17(20)24;1-11(2)18(21)20-16-9-8-13(10-19-16)17-12(3)22-15-7-5-4-6-14(15)17/h3-8,11-12,14H,9-10,13H2,1-2H3,(H,27,28,29);2-6,9-10,12H,7-8,11H2,1H3,(H,28,29,30);2-7,10-11,13H,8-9,12H2,1H3,(H,27,28,29);2-6,9-11H,7-8H2,1H3,(H,27,28,29);8-11H,4-7H2,1-3H3,(H,19,20,21). The number of rotatable bonds is 15. The second-order valence-electron chi connectivity index (χ2n) is 35.6. The van der Waals surface area contributed by atoms with Gasteiger partial charge in [0.05, 0.1) is 24.2 Å². The number of amides is 5. The van der Waals surface area contributed by atoms with Gasteiger partial charge >= 0.3 is 0 Å². The highest BCUT2D eigenvalue weighted by molar-refractivity contribution is 7.12. The number of fused-ring (bicyclic) bond motifs is 5. The van der Waals surface area contributed by atoms with Gasteiger partial charge in [0, 0.05) is 124 Å². The molecule has 0 saturated carbocycles. The van der Waals surface area contributed by atoms with E-state index in [0.717, 1.165) is 103 Å². The number of pyridine rings is 5. The van der Waals surface area contributed by atoms with Gasteiger partial charge < -0.3 is 31.3 Å². The first-order valence-corrected chi connectivity index (χ1v) is 46.4. The molecular formula is C110H97F13N10O6S. The van der Waals surface area contributed by atoms with Gasteiger partial charge in [0.2, 0.25) is 5.91 Å². The van der Waals surface area contributed by atoms with Crippen molar-refractivity contribution in [2.45, 2.75) is 169 Å². The normalized spacial score (nSPS) is 14.7. The SMILES string of the molecule is Cc1cc2c(cc1-c1ccc(NC(=O)c3c(F)cccc3F)nc1)C(F)(F)CCO2.Cc1cc2c(cc1-c1ccc(NC(=O)c3c(F)cccc3F)nc1)CC(F)(F)CC2.Cc1cc2c(cc1-c1ccc(NC(=O)c3ccccc3F)nc1)CC(F)(F)CC2.Cc1ccccc1C(=O)Nc1ccc(-c2cc3c(cc2C)CCC(F)(F)C3)cn1.Cc1sc2c(c1-c1ccc(NC(=O)C(C)C)nc1)CCCC2. The van der Waals surface area contributed by atoms with E-state index in [-0.39, 0.29) is 97.2 Å². The molecule has 0 bridgehead atoms. The van der Waals surface area contributed by atoms with E-state index in [2.05, 4.69) is 64.5 Å². The van der Waals surface area contributed by atoms with Gasteiger partial charge in [-0.05, 0) is 291 Å². The van der Waals surface area contributed by atoms with Crippen LogP contribution in [0.15, 0.2) is 225 Å². The molecule has 5 aliphatic rings. The zero-order chi connectivity index (χ0) is 99.8. The molecule has 1 aliphatic heterocycles. The van der Waals surface area contributed by atoms with Crippen molar-refractivity contribution in [3.8, 4) is 61.4 Å². The molecule has 0 spiro atoms. The zero-order valence-electron chi connectivity index (χ0n) is 77.6. The highest BCUT2D eigenvalue weighted by atomic mass is 32.1. The van der Waals surface area contributed by atoms with E-state index in [1.807, 2.05) is 120 Å². The molecule has 0 radical (unpaired) electrons. The number of aryl methyl sites for hydroxylation is 10. The predicted octanol–water partition coefficient (Wildman–Crippen LogP) is 27.1. The average Bonchev–Trinajstić information content (AvgIpc) is 1.06. The minimum atomic E-state index is -2.98. The summed E-state index contributed by atoms with van der Waals surface area (Å²) in [7, 11) is 0. The molecule has 5 N–H and O–H groups in total. The molecule has 140 heavy (non-hydrogen) atoms. The average molecular weight is 1930 g/mol. The first-order valence-electron chi connectivity index (χ1n) is 45.5. The Balaban J connectivity index is 0.000000133. The van der Waals surface area contributed by atoms with Crippen molar-refractivity contribution in [3.05, 3.63) is 359 Å². The summed E-state index contributed by atoms with van der Waals surface area (Å²) in [5.41, 5.74) is 18.4. The number of nitrogens with zero attached hydrogens (tertiary/aromatic N) is 5. The highest BCUT2D eigenvalue weighted by Crippen LogP contribution is 2.47. The molecule has 19 rings (SSSR count). The molecular weight excluding hydrogens is 1840 g/mol. The van der Waals surface area contributed by atoms with Crippen LogP contribution in [0.3, 0.4) is 0 Å². The van der Waals surface area contributed by atoms with E-state index in [9.17, 15) is 81.0 Å². The van der Waals surface area contributed by atoms with E-state index in [1.165, 1.54) is 102 Å². The molecule has 5 amide bonds. The fourth-order valence-corrected chi connectivity index (χ4v) is 18.8. The quantitative estimate of drug-likeness (QED) is 0.0608. The lowest BCUT2D eigenvalue weighted by Gasteiger charge is -2.27. The summed E-state index contributed by atoms with van der Waals surface area (Å²) in [6.45, 7) is 15.4. The van der Waals surface area contributed by atoms with Crippen LogP contribution in [-0.4, -0.2) is 78.8 Å². The fraction of sp³-hybridized carbons (Fsp3) is 0.255. The van der Waals surface area contributed by atoms with Crippen LogP contribution >= 0.6 is 11.3 Å². The maximum absolute atomic E-state index is 14.3. The minimum Gasteiger partial charge on any atom is -0.493 e. The molecule has 6 aromatic heterocycles. The largest absolute Gasteiger partial charge is 0.493 e. The molecule has 720 valence electrons. The Kier molecular flexibility index (Phi) is 30.3. The Morgan fingerprint density at radius 2 is 0.714 bits per heavy atom. The lowest BCUT2D eigenvalue weighted by molar-refractivity contribution is -0.119. The summed E-state index contributed by atoms with van der Waals surface area (Å²) in [6, 6.07) is 50.8. The number of ether oxygens (including phenoxy) is 1. The molecule has 0 unspecified atom stereocenters. The van der Waals surface area contributed by atoms with E-state index >= 15 is 0 Å². The molecule has 30 heteroatoms. The summed E-state index contributed by atoms with van der Waals surface area (Å²) in [5, 5.41) is 12.9. The number of aromatic nitrogens is 5. The van der Waals surface area contributed by atoms with Crippen molar-refractivity contribution >= 4 is 70.0 Å². The number of alkyl halides is 8. The Hall–Kier alpha value is -14.6. The smallest absolute Gasteiger partial charge is 0.280 e. The van der Waals surface area contributed by atoms with Crippen LogP contribution in [0.4, 0.5) is 86.2 Å². The summed E-state index contributed by atoms with van der Waals surface area (Å²) in [4.78, 5) is 84.9. The van der Waals surface area contributed by atoms with Crippen LogP contribution < -0.4 is 31.3 Å². The molecule has 0 atom stereocenters. The number of halogens is 13. The van der Waals surface area contributed by atoms with Crippen LogP contribution in [0.25, 0.3) is 55.6 Å². The van der Waals surface area contributed by atoms with Crippen LogP contribution in [0, 0.1) is 76.5 Å². The van der Waals surface area contributed by atoms with Crippen molar-refractivity contribution in [1.29, 1.82) is 0 Å². The molecule has 0 saturated heterocycles. The molecule has 7 heterocycles. The lowest BCUT2D eigenvalue weighted by atomic mass is 9.85. The molecule has 0 fully saturated rings. The van der Waals surface area contributed by atoms with Crippen molar-refractivity contribution in [1.82, 2.24) is 24.9 Å². The van der Waals surface area contributed by atoms with Crippen LogP contribution in [-0.2, 0) is 62.1 Å². The van der Waals surface area contributed by atoms with Crippen molar-refractivity contribution in [2.24, 2.45) is 5.92 Å². The third kappa shape index (κ3) is 23.9. The number of nitrogens with one attached hydrogen (secondary N) is 5. The van der Waals surface area contributed by atoms with Gasteiger partial charge in [-0.25, -0.2) is 82.0 Å². The third-order valence-electron chi connectivity index (χ3n) is 25.0. The lowest BCUT2D eigenvalue weighted by Crippen LogP contribution is -2.26. The van der Waals surface area contributed by atoms with Crippen molar-refractivity contribution in [2.75, 3.05) is 33.2 Å². The number of benzene rings is 8. The number of hydrogen-bond acceptors (Lipinski definition) is 12. The Bertz CT molecular complexity index is 6810. The van der Waals surface area contributed by atoms with Gasteiger partial charge in [-0.3, -0.25) is 24.0 Å². The second kappa shape index (κ2) is 42.4. The predicted molar refractivity (Wildman–Crippen MR) is 517 cm³/mol. The van der Waals surface area contributed by atoms with Crippen LogP contribution in [0.5, 0.6) is 5.75 Å². The number of hydrogen-bond donors (Lipinski definition) is 5. The van der Waals surface area contributed by atoms with E-state index in [1.54, 1.807) is 78.8 Å². The third-order valence-corrected chi connectivity index (χ3v) is 26.2. The fourth-order valence-electron chi connectivity index (χ4n) is 17.5. The maximum Gasteiger partial charge on any atom is 0.280 e. The Morgan fingerprint density at radius 3 is 1.11 bits per heavy atom. The highest BCUT2D eigenvalue weighted by Gasteiger charge is 2.41. The zero-order valence-corrected chi connectivity index (χ0v) is 78.4. The number of carbonyl (C=O) groups is 5. The van der Waals surface area contributed by atoms with Crippen molar-refractivity contribution < 1.29 is 85.8 Å². The van der Waals surface area contributed by atoms with E-state index < -0.39 is 88.0 Å². The Labute approximate surface area is 804 Å². The van der Waals surface area contributed by atoms with Gasteiger partial charge in [0.25, 0.3) is 47.3 Å². The van der Waals surface area contributed by atoms with Gasteiger partial charge in [-0.2, -0.15) is 0 Å². The molecule has 4 aliphatic carbocycles. The van der Waals surface area contributed by atoms with Gasteiger partial charge in [0.15, 0.2) is 0 Å². The van der Waals surface area contributed by atoms with Crippen molar-refractivity contribution in [3.63, 3.8) is 0 Å². The summed E-state index contributed by atoms with van der Waals surface area (Å²) in [6.07, 6.45) is 12.7. The molecule has 8 aromatic carbocycles. The van der Waals surface area contributed by atoms with E-state index in [0.29, 0.717) is 69.8 Å². The van der Waals surface area contributed by atoms with E-state index in [4.69, 9.17) is 4.74 Å². The summed E-state index contributed by atoms with van der Waals surface area (Å²) in [5.74, 6) is -16.6. The monoisotopic (exact) mass is 1930 g/mol. The van der Waals surface area contributed by atoms with Gasteiger partial charge in [-0.1, -0.05) is 92.7 Å². The number of thiophene rings is 1. The first-order chi connectivity index (χ1) is 66.7. The van der Waals surface area contributed by atoms with Crippen LogP contribution in [0.2, 0.25) is 0 Å². The first kappa shape index (κ1) is 99.9. The summed E-state index contributed by atoms with van der Waals surface area (Å²) < 4.78 is 185. The minimum absolute atomic E-state index is 0.00402. The summed E-state index contributed by atoms with van der Waals surface area (Å²) >= 11 is 1.93. The van der Waals surface area contributed by atoms with Gasteiger partial charge in [-0.15, -0.1) is 11.3 Å². The van der Waals surface area contributed by atoms with Crippen LogP contribution in [0.1, 0.15) is 176 Å². The topological polar surface area (TPSA) is 219 Å². The number of anilines is 5. The second-order valence-corrected chi connectivity index (χ2v) is 36.9.